The third-order valence-corrected chi connectivity index (χ3v) is 7.98. The van der Waals surface area contributed by atoms with E-state index < -0.39 is 0 Å². The molecule has 2 saturated carbocycles. The Balaban J connectivity index is 1.36. The lowest BCUT2D eigenvalue weighted by Crippen LogP contribution is -2.57. The number of hydrogen-bond donors (Lipinski definition) is 1. The van der Waals surface area contributed by atoms with Crippen LogP contribution in [0, 0.1) is 11.8 Å². The van der Waals surface area contributed by atoms with Gasteiger partial charge in [-0.3, -0.25) is 4.79 Å². The van der Waals surface area contributed by atoms with E-state index in [1.807, 2.05) is 36.4 Å². The second-order valence-electron chi connectivity index (χ2n) is 10.6. The fourth-order valence-corrected chi connectivity index (χ4v) is 5.95. The van der Waals surface area contributed by atoms with Gasteiger partial charge < -0.3 is 14.8 Å². The molecule has 180 valence electrons. The summed E-state index contributed by atoms with van der Waals surface area (Å²) in [6.07, 6.45) is 8.92. The molecule has 3 aliphatic carbocycles. The van der Waals surface area contributed by atoms with Crippen LogP contribution in [0.15, 0.2) is 48.5 Å². The van der Waals surface area contributed by atoms with Crippen LogP contribution >= 0.6 is 0 Å². The predicted octanol–water partition coefficient (Wildman–Crippen LogP) is 6.08. The fourth-order valence-electron chi connectivity index (χ4n) is 5.95. The first-order chi connectivity index (χ1) is 16.5. The number of fused-ring (bicyclic) bond motifs is 4. The van der Waals surface area contributed by atoms with E-state index >= 15 is 0 Å². The van der Waals surface area contributed by atoms with Gasteiger partial charge in [-0.25, -0.2) is 4.79 Å². The van der Waals surface area contributed by atoms with Gasteiger partial charge in [0.15, 0.2) is 0 Å². The average molecular weight is 462 g/mol. The van der Waals surface area contributed by atoms with E-state index in [0.717, 1.165) is 44.1 Å². The molecule has 0 aromatic heterocycles. The second-order valence-corrected chi connectivity index (χ2v) is 10.6. The van der Waals surface area contributed by atoms with Gasteiger partial charge in [0.25, 0.3) is 0 Å². The molecule has 0 saturated heterocycles. The summed E-state index contributed by atoms with van der Waals surface area (Å²) in [5.41, 5.74) is 3.26. The van der Waals surface area contributed by atoms with Gasteiger partial charge in [0.05, 0.1) is 0 Å². The summed E-state index contributed by atoms with van der Waals surface area (Å²) in [6, 6.07) is 15.9. The minimum Gasteiger partial charge on any atom is -0.445 e. The zero-order valence-corrected chi connectivity index (χ0v) is 20.1. The van der Waals surface area contributed by atoms with Gasteiger partial charge >= 0.3 is 12.1 Å². The Kier molecular flexibility index (Phi) is 6.62. The molecule has 2 bridgehead atoms. The molecule has 2 aromatic rings. The molecular formula is C29H35NO4. The monoisotopic (exact) mass is 461 g/mol. The zero-order chi connectivity index (χ0) is 23.5. The van der Waals surface area contributed by atoms with Crippen molar-refractivity contribution >= 4 is 12.1 Å². The van der Waals surface area contributed by atoms with Crippen LogP contribution in [-0.2, 0) is 28.0 Å². The van der Waals surface area contributed by atoms with Crippen molar-refractivity contribution in [2.24, 2.45) is 11.8 Å². The lowest BCUT2D eigenvalue weighted by atomic mass is 9.59. The Morgan fingerprint density at radius 3 is 2.65 bits per heavy atom. The van der Waals surface area contributed by atoms with Gasteiger partial charge in [-0.1, -0.05) is 62.6 Å². The van der Waals surface area contributed by atoms with Crippen molar-refractivity contribution in [2.75, 3.05) is 0 Å². The van der Waals surface area contributed by atoms with Crippen molar-refractivity contribution in [3.8, 4) is 5.75 Å². The van der Waals surface area contributed by atoms with Crippen LogP contribution in [0.1, 0.15) is 75.0 Å². The van der Waals surface area contributed by atoms with Crippen molar-refractivity contribution in [3.63, 3.8) is 0 Å². The summed E-state index contributed by atoms with van der Waals surface area (Å²) >= 11 is 0. The third-order valence-electron chi connectivity index (χ3n) is 7.98. The molecule has 2 fully saturated rings. The van der Waals surface area contributed by atoms with Gasteiger partial charge in [-0.05, 0) is 72.8 Å². The normalized spacial score (nSPS) is 25.9. The van der Waals surface area contributed by atoms with Crippen LogP contribution in [-0.4, -0.2) is 18.1 Å². The molecule has 2 aromatic carbocycles. The van der Waals surface area contributed by atoms with E-state index in [2.05, 4.69) is 24.4 Å². The minimum absolute atomic E-state index is 0.0130. The maximum atomic E-state index is 12.9. The summed E-state index contributed by atoms with van der Waals surface area (Å²) in [5.74, 6) is 1.35. The van der Waals surface area contributed by atoms with E-state index in [0.29, 0.717) is 24.0 Å². The first-order valence-corrected chi connectivity index (χ1v) is 12.8. The van der Waals surface area contributed by atoms with E-state index in [9.17, 15) is 9.59 Å². The number of rotatable bonds is 6. The molecule has 0 aliphatic heterocycles. The molecular weight excluding hydrogens is 426 g/mol. The first kappa shape index (κ1) is 22.9. The van der Waals surface area contributed by atoms with Crippen molar-refractivity contribution in [3.05, 3.63) is 65.2 Å². The Bertz CT molecular complexity index is 1030. The fraction of sp³-hybridized carbons (Fsp3) is 0.517. The smallest absolute Gasteiger partial charge is 0.407 e. The third kappa shape index (κ3) is 5.13. The van der Waals surface area contributed by atoms with Crippen LogP contribution < -0.4 is 10.1 Å². The lowest BCUT2D eigenvalue weighted by Gasteiger charge is -2.49. The highest BCUT2D eigenvalue weighted by atomic mass is 16.5. The van der Waals surface area contributed by atoms with Crippen LogP contribution in [0.3, 0.4) is 0 Å². The number of esters is 1. The minimum atomic E-state index is -0.360. The standard InChI is InChI=1S/C29H35NO4/c1-29-15-7-3-6-10-23(27(29)30-28(32)33-19-21-8-4-2-5-9-21)17-22-13-14-24(18-25(22)29)34-26(31)16-20-11-12-20/h2,4-5,8-9,13-14,18,20,23,27H,3,6-7,10-12,15-17,19H2,1H3,(H,30,32)/t23-,27-,29+/m0/s1. The Hall–Kier alpha value is -2.82. The van der Waals surface area contributed by atoms with Gasteiger partial charge in [0.1, 0.15) is 12.4 Å². The number of carbonyl (C=O) groups is 2. The number of hydrogen-bond acceptors (Lipinski definition) is 4. The largest absolute Gasteiger partial charge is 0.445 e. The van der Waals surface area contributed by atoms with Crippen molar-refractivity contribution in [1.29, 1.82) is 0 Å². The molecule has 0 spiro atoms. The summed E-state index contributed by atoms with van der Waals surface area (Å²) in [5, 5.41) is 3.27. The Morgan fingerprint density at radius 1 is 1.03 bits per heavy atom. The molecule has 34 heavy (non-hydrogen) atoms. The molecule has 1 amide bonds. The van der Waals surface area contributed by atoms with Crippen molar-refractivity contribution in [1.82, 2.24) is 5.32 Å². The maximum absolute atomic E-state index is 12.9. The highest BCUT2D eigenvalue weighted by Crippen LogP contribution is 2.47. The molecule has 3 aliphatic rings. The number of benzene rings is 2. The summed E-state index contributed by atoms with van der Waals surface area (Å²) < 4.78 is 11.3. The Morgan fingerprint density at radius 2 is 1.85 bits per heavy atom. The Labute approximate surface area is 202 Å². The SMILES string of the molecule is C[C@@]12CCCCC[C@@H](Cc3ccc(OC(=O)CC4CC4)cc31)[C@@H]2NC(=O)OCc1ccccc1. The quantitative estimate of drug-likeness (QED) is 0.418. The molecule has 5 heteroatoms. The summed E-state index contributed by atoms with van der Waals surface area (Å²) in [7, 11) is 0. The highest BCUT2D eigenvalue weighted by molar-refractivity contribution is 5.73. The van der Waals surface area contributed by atoms with Gasteiger partial charge in [-0.15, -0.1) is 0 Å². The topological polar surface area (TPSA) is 64.6 Å². The highest BCUT2D eigenvalue weighted by Gasteiger charge is 2.47. The number of alkyl carbamates (subject to hydrolysis) is 1. The van der Waals surface area contributed by atoms with Crippen molar-refractivity contribution in [2.45, 2.75) is 82.8 Å². The van der Waals surface area contributed by atoms with E-state index in [1.54, 1.807) is 0 Å². The maximum Gasteiger partial charge on any atom is 0.407 e. The predicted molar refractivity (Wildman–Crippen MR) is 131 cm³/mol. The number of amides is 1. The first-order valence-electron chi connectivity index (χ1n) is 12.8. The van der Waals surface area contributed by atoms with Gasteiger partial charge in [-0.2, -0.15) is 0 Å². The number of nitrogens with one attached hydrogen (secondary N) is 1. The average Bonchev–Trinajstić information content (AvgIpc) is 3.64. The second kappa shape index (κ2) is 9.81. The van der Waals surface area contributed by atoms with Crippen molar-refractivity contribution < 1.29 is 19.1 Å². The van der Waals surface area contributed by atoms with Crippen LogP contribution in [0.4, 0.5) is 4.79 Å². The van der Waals surface area contributed by atoms with E-state index in [4.69, 9.17) is 9.47 Å². The van der Waals surface area contributed by atoms with Gasteiger partial charge in [0.2, 0.25) is 0 Å². The molecule has 1 N–H and O–H groups in total. The molecule has 0 radical (unpaired) electrons. The van der Waals surface area contributed by atoms with Gasteiger partial charge in [0, 0.05) is 17.9 Å². The molecule has 0 heterocycles. The molecule has 5 nitrogen and oxygen atoms in total. The number of ether oxygens (including phenoxy) is 2. The van der Waals surface area contributed by atoms with Crippen LogP contribution in [0.25, 0.3) is 0 Å². The van der Waals surface area contributed by atoms with Crippen LogP contribution in [0.2, 0.25) is 0 Å². The number of carbonyl (C=O) groups excluding carboxylic acids is 2. The molecule has 3 atom stereocenters. The zero-order valence-electron chi connectivity index (χ0n) is 20.1. The molecule has 5 rings (SSSR count). The van der Waals surface area contributed by atoms with Crippen LogP contribution in [0.5, 0.6) is 5.75 Å². The van der Waals surface area contributed by atoms with E-state index in [1.165, 1.54) is 24.0 Å². The molecule has 0 unspecified atom stereocenters. The van der Waals surface area contributed by atoms with E-state index in [-0.39, 0.29) is 30.1 Å². The summed E-state index contributed by atoms with van der Waals surface area (Å²) in [6.45, 7) is 2.53. The summed E-state index contributed by atoms with van der Waals surface area (Å²) in [4.78, 5) is 25.2. The lowest BCUT2D eigenvalue weighted by molar-refractivity contribution is -0.134.